The normalized spacial score (nSPS) is 12.3. The number of aromatic nitrogens is 1. The lowest BCUT2D eigenvalue weighted by Gasteiger charge is -2.13. The zero-order valence-electron chi connectivity index (χ0n) is 11.9. The van der Waals surface area contributed by atoms with Crippen LogP contribution in [0.15, 0.2) is 29.1 Å². The zero-order valence-corrected chi connectivity index (χ0v) is 11.9. The smallest absolute Gasteiger partial charge is 0.404 e. The minimum Gasteiger partial charge on any atom is -0.446 e. The Bertz CT molecular complexity index is 709. The highest BCUT2D eigenvalue weighted by Crippen LogP contribution is 2.17. The van der Waals surface area contributed by atoms with Crippen LogP contribution in [0.3, 0.4) is 0 Å². The van der Waals surface area contributed by atoms with Gasteiger partial charge in [0.15, 0.2) is 5.43 Å². The number of nitrogens with two attached hydrogens (primary N) is 2. The lowest BCUT2D eigenvalue weighted by atomic mass is 10.0. The van der Waals surface area contributed by atoms with Crippen molar-refractivity contribution in [2.45, 2.75) is 25.9 Å². The number of carbonyl (C=O) groups is 1. The van der Waals surface area contributed by atoms with Crippen molar-refractivity contribution in [3.8, 4) is 0 Å². The molecule has 0 fully saturated rings. The van der Waals surface area contributed by atoms with Gasteiger partial charge < -0.3 is 21.2 Å². The molecular weight excluding hydrogens is 270 g/mol. The summed E-state index contributed by atoms with van der Waals surface area (Å²) < 4.78 is 4.94. The van der Waals surface area contributed by atoms with Crippen LogP contribution in [0, 0.1) is 0 Å². The average molecular weight is 289 g/mol. The zero-order chi connectivity index (χ0) is 15.4. The standard InChI is InChI=1S/C15H19N3O3/c1-9(21-15(17)20)7-10-3-2-4-12-13(19)8-11(5-6-16)18-14(10)12/h2-4,8-9H,5-7,16H2,1H3,(H2,17,20)(H,18,19). The van der Waals surface area contributed by atoms with Gasteiger partial charge in [0.2, 0.25) is 0 Å². The third-order valence-corrected chi connectivity index (χ3v) is 3.25. The molecule has 0 aliphatic heterocycles. The summed E-state index contributed by atoms with van der Waals surface area (Å²) in [6.45, 7) is 2.22. The van der Waals surface area contributed by atoms with E-state index in [1.54, 1.807) is 19.1 Å². The highest BCUT2D eigenvalue weighted by Gasteiger charge is 2.12. The fourth-order valence-electron chi connectivity index (χ4n) is 2.40. The van der Waals surface area contributed by atoms with Gasteiger partial charge in [-0.25, -0.2) is 4.79 Å². The molecule has 6 nitrogen and oxygen atoms in total. The van der Waals surface area contributed by atoms with Gasteiger partial charge in [-0.3, -0.25) is 4.79 Å². The molecule has 2 rings (SSSR count). The molecule has 0 saturated carbocycles. The molecule has 6 heteroatoms. The molecule has 1 heterocycles. The van der Waals surface area contributed by atoms with E-state index >= 15 is 0 Å². The van der Waals surface area contributed by atoms with Gasteiger partial charge in [-0.2, -0.15) is 0 Å². The second-order valence-electron chi connectivity index (χ2n) is 4.99. The van der Waals surface area contributed by atoms with Crippen LogP contribution in [0.1, 0.15) is 18.2 Å². The lowest BCUT2D eigenvalue weighted by Crippen LogP contribution is -2.22. The molecule has 1 atom stereocenters. The predicted octanol–water partition coefficient (Wildman–Crippen LogP) is 1.06. The number of H-pyrrole nitrogens is 1. The van der Waals surface area contributed by atoms with E-state index in [0.29, 0.717) is 24.8 Å². The van der Waals surface area contributed by atoms with E-state index in [-0.39, 0.29) is 11.5 Å². The molecule has 0 spiro atoms. The van der Waals surface area contributed by atoms with Gasteiger partial charge in [-0.1, -0.05) is 12.1 Å². The Hall–Kier alpha value is -2.34. The second kappa shape index (κ2) is 6.41. The van der Waals surface area contributed by atoms with Gasteiger partial charge in [0.25, 0.3) is 0 Å². The van der Waals surface area contributed by atoms with Crippen molar-refractivity contribution in [1.29, 1.82) is 0 Å². The first-order valence-electron chi connectivity index (χ1n) is 6.81. The number of amides is 1. The molecule has 2 aromatic rings. The van der Waals surface area contributed by atoms with Crippen LogP contribution in [0.25, 0.3) is 10.9 Å². The summed E-state index contributed by atoms with van der Waals surface area (Å²) in [6, 6.07) is 7.05. The van der Waals surface area contributed by atoms with Crippen LogP contribution >= 0.6 is 0 Å². The molecule has 0 bridgehead atoms. The number of pyridine rings is 1. The number of carbonyl (C=O) groups excluding carboxylic acids is 1. The second-order valence-corrected chi connectivity index (χ2v) is 4.99. The predicted molar refractivity (Wildman–Crippen MR) is 81.2 cm³/mol. The molecule has 0 radical (unpaired) electrons. The fraction of sp³-hybridized carbons (Fsp3) is 0.333. The quantitative estimate of drug-likeness (QED) is 0.764. The average Bonchev–Trinajstić information content (AvgIpc) is 2.39. The highest BCUT2D eigenvalue weighted by atomic mass is 16.6. The molecule has 21 heavy (non-hydrogen) atoms. The van der Waals surface area contributed by atoms with Gasteiger partial charge >= 0.3 is 6.09 Å². The Morgan fingerprint density at radius 1 is 1.43 bits per heavy atom. The minimum atomic E-state index is -0.806. The SMILES string of the molecule is CC(Cc1cccc2c(=O)cc(CCN)[nH]c12)OC(N)=O. The summed E-state index contributed by atoms with van der Waals surface area (Å²) in [5, 5.41) is 0.611. The maximum absolute atomic E-state index is 12.1. The lowest BCUT2D eigenvalue weighted by molar-refractivity contribution is 0.116. The van der Waals surface area contributed by atoms with Crippen LogP contribution in [0.2, 0.25) is 0 Å². The van der Waals surface area contributed by atoms with Crippen molar-refractivity contribution in [2.75, 3.05) is 6.54 Å². The van der Waals surface area contributed by atoms with E-state index in [0.717, 1.165) is 16.8 Å². The molecule has 112 valence electrons. The van der Waals surface area contributed by atoms with Crippen molar-refractivity contribution >= 4 is 17.0 Å². The van der Waals surface area contributed by atoms with E-state index in [2.05, 4.69) is 4.98 Å². The van der Waals surface area contributed by atoms with Crippen LogP contribution in [-0.4, -0.2) is 23.7 Å². The fourth-order valence-corrected chi connectivity index (χ4v) is 2.40. The van der Waals surface area contributed by atoms with Crippen molar-refractivity contribution in [3.05, 3.63) is 45.7 Å². The Balaban J connectivity index is 2.43. The molecule has 0 saturated heterocycles. The van der Waals surface area contributed by atoms with E-state index in [4.69, 9.17) is 16.2 Å². The number of aromatic amines is 1. The number of nitrogens with one attached hydrogen (secondary N) is 1. The summed E-state index contributed by atoms with van der Waals surface area (Å²) in [5.74, 6) is 0. The van der Waals surface area contributed by atoms with Gasteiger partial charge in [0.1, 0.15) is 6.10 Å². The van der Waals surface area contributed by atoms with E-state index in [9.17, 15) is 9.59 Å². The maximum atomic E-state index is 12.1. The third-order valence-electron chi connectivity index (χ3n) is 3.25. The number of ether oxygens (including phenoxy) is 1. The largest absolute Gasteiger partial charge is 0.446 e. The Morgan fingerprint density at radius 3 is 2.86 bits per heavy atom. The summed E-state index contributed by atoms with van der Waals surface area (Å²) in [5.41, 5.74) is 13.0. The van der Waals surface area contributed by atoms with E-state index in [1.807, 2.05) is 12.1 Å². The summed E-state index contributed by atoms with van der Waals surface area (Å²) in [6.07, 6.45) is -0.0929. The number of benzene rings is 1. The minimum absolute atomic E-state index is 0.0440. The van der Waals surface area contributed by atoms with Gasteiger partial charge in [0, 0.05) is 23.6 Å². The molecule has 0 aliphatic rings. The summed E-state index contributed by atoms with van der Waals surface area (Å²) in [4.78, 5) is 26.2. The topological polar surface area (TPSA) is 111 Å². The van der Waals surface area contributed by atoms with Crippen molar-refractivity contribution in [2.24, 2.45) is 11.5 Å². The van der Waals surface area contributed by atoms with Crippen molar-refractivity contribution < 1.29 is 9.53 Å². The number of hydrogen-bond acceptors (Lipinski definition) is 4. The molecule has 0 aliphatic carbocycles. The van der Waals surface area contributed by atoms with Gasteiger partial charge in [0.05, 0.1) is 5.52 Å². The first-order valence-corrected chi connectivity index (χ1v) is 6.81. The molecule has 1 amide bonds. The molecule has 1 unspecified atom stereocenters. The molecule has 5 N–H and O–H groups in total. The number of primary amides is 1. The van der Waals surface area contributed by atoms with E-state index < -0.39 is 6.09 Å². The Morgan fingerprint density at radius 2 is 2.19 bits per heavy atom. The van der Waals surface area contributed by atoms with Crippen LogP contribution in [-0.2, 0) is 17.6 Å². The number of para-hydroxylation sites is 1. The number of fused-ring (bicyclic) bond motifs is 1. The van der Waals surface area contributed by atoms with Crippen molar-refractivity contribution in [1.82, 2.24) is 4.98 Å². The molecule has 1 aromatic heterocycles. The number of rotatable bonds is 5. The van der Waals surface area contributed by atoms with Gasteiger partial charge in [-0.05, 0) is 31.5 Å². The maximum Gasteiger partial charge on any atom is 0.404 e. The first kappa shape index (κ1) is 15.1. The van der Waals surface area contributed by atoms with Crippen molar-refractivity contribution in [3.63, 3.8) is 0 Å². The Labute approximate surface area is 122 Å². The molecular formula is C15H19N3O3. The van der Waals surface area contributed by atoms with Crippen LogP contribution < -0.4 is 16.9 Å². The van der Waals surface area contributed by atoms with Gasteiger partial charge in [-0.15, -0.1) is 0 Å². The van der Waals surface area contributed by atoms with Crippen LogP contribution in [0.5, 0.6) is 0 Å². The number of hydrogen-bond donors (Lipinski definition) is 3. The summed E-state index contributed by atoms with van der Waals surface area (Å²) >= 11 is 0. The first-order chi connectivity index (χ1) is 10.0. The Kier molecular flexibility index (Phi) is 4.59. The summed E-state index contributed by atoms with van der Waals surface area (Å²) in [7, 11) is 0. The highest BCUT2D eigenvalue weighted by molar-refractivity contribution is 5.82. The molecule has 1 aromatic carbocycles. The van der Waals surface area contributed by atoms with E-state index in [1.165, 1.54) is 0 Å². The monoisotopic (exact) mass is 289 g/mol. The third kappa shape index (κ3) is 3.61. The van der Waals surface area contributed by atoms with Crippen LogP contribution in [0.4, 0.5) is 4.79 Å².